The maximum Gasteiger partial charge on any atom is 0.377 e. The number of hydrogen-bond donors (Lipinski definition) is 1. The fourth-order valence-electron chi connectivity index (χ4n) is 2.48. The largest absolute Gasteiger partial charge is 0.464 e. The fourth-order valence-corrected chi connectivity index (χ4v) is 2.48. The lowest BCUT2D eigenvalue weighted by molar-refractivity contribution is -0.168. The zero-order valence-corrected chi connectivity index (χ0v) is 16.4. The predicted octanol–water partition coefficient (Wildman–Crippen LogP) is -0.301. The van der Waals surface area contributed by atoms with Gasteiger partial charge in [-0.2, -0.15) is 4.74 Å². The van der Waals surface area contributed by atoms with Gasteiger partial charge in [0.2, 0.25) is 17.2 Å². The van der Waals surface area contributed by atoms with Crippen LogP contribution in [-0.4, -0.2) is 53.9 Å². The molecule has 28 heavy (non-hydrogen) atoms. The van der Waals surface area contributed by atoms with Gasteiger partial charge in [0.1, 0.15) is 0 Å². The van der Waals surface area contributed by atoms with Crippen LogP contribution in [0.25, 0.3) is 0 Å². The molecule has 1 aromatic rings. The first-order chi connectivity index (χ1) is 13.1. The first-order valence-corrected chi connectivity index (χ1v) is 8.63. The highest BCUT2D eigenvalue weighted by Crippen LogP contribution is 2.20. The van der Waals surface area contributed by atoms with Gasteiger partial charge in [-0.05, 0) is 20.8 Å². The summed E-state index contributed by atoms with van der Waals surface area (Å²) in [7, 11) is 1.24. The molecule has 1 amide bonds. The molecule has 1 aromatic heterocycles. The molecule has 1 N–H and O–H groups in total. The topological polar surface area (TPSA) is 143 Å². The van der Waals surface area contributed by atoms with Gasteiger partial charge in [-0.15, -0.1) is 0 Å². The van der Waals surface area contributed by atoms with E-state index < -0.39 is 47.1 Å². The van der Waals surface area contributed by atoms with Crippen LogP contribution >= 0.6 is 0 Å². The van der Waals surface area contributed by atoms with E-state index in [0.29, 0.717) is 0 Å². The monoisotopic (exact) mass is 400 g/mol. The first-order valence-electron chi connectivity index (χ1n) is 8.63. The number of hydrogen-bond acceptors (Lipinski definition) is 9. The smallest absolute Gasteiger partial charge is 0.377 e. The number of nitrogens with zero attached hydrogens (tertiary/aromatic N) is 1. The summed E-state index contributed by atoms with van der Waals surface area (Å²) in [6.07, 6.45) is -0.721. The molecule has 156 valence electrons. The third-order valence-corrected chi connectivity index (χ3v) is 3.59. The van der Waals surface area contributed by atoms with Crippen molar-refractivity contribution in [1.29, 1.82) is 0 Å². The summed E-state index contributed by atoms with van der Waals surface area (Å²) in [4.78, 5) is 61.7. The van der Waals surface area contributed by atoms with Gasteiger partial charge >= 0.3 is 17.9 Å². The van der Waals surface area contributed by atoms with E-state index in [0.717, 1.165) is 11.7 Å². The molecule has 0 saturated heterocycles. The van der Waals surface area contributed by atoms with Gasteiger partial charge in [0.25, 0.3) is 5.56 Å². The van der Waals surface area contributed by atoms with Gasteiger partial charge in [0, 0.05) is 20.4 Å². The highest BCUT2D eigenvalue weighted by Gasteiger charge is 2.52. The number of rotatable bonds is 9. The lowest BCUT2D eigenvalue weighted by Crippen LogP contribution is -2.63. The summed E-state index contributed by atoms with van der Waals surface area (Å²) < 4.78 is 20.6. The lowest BCUT2D eigenvalue weighted by atomic mass is 9.90. The number of aromatic nitrogens is 1. The summed E-state index contributed by atoms with van der Waals surface area (Å²) in [5.41, 5.74) is -3.50. The summed E-state index contributed by atoms with van der Waals surface area (Å²) in [5.74, 6) is -4.47. The van der Waals surface area contributed by atoms with Gasteiger partial charge in [-0.1, -0.05) is 0 Å². The highest BCUT2D eigenvalue weighted by atomic mass is 16.6. The van der Waals surface area contributed by atoms with E-state index in [1.165, 1.54) is 20.9 Å². The van der Waals surface area contributed by atoms with Gasteiger partial charge in [-0.25, -0.2) is 14.4 Å². The third kappa shape index (κ3) is 4.78. The minimum absolute atomic E-state index is 0.00344. The second-order valence-corrected chi connectivity index (χ2v) is 5.63. The first kappa shape index (κ1) is 22.9. The number of esters is 3. The van der Waals surface area contributed by atoms with Crippen molar-refractivity contribution in [3.05, 3.63) is 21.7 Å². The molecule has 0 radical (unpaired) electrons. The Morgan fingerprint density at radius 3 is 1.93 bits per heavy atom. The van der Waals surface area contributed by atoms with Crippen LogP contribution in [0, 0.1) is 0 Å². The Morgan fingerprint density at radius 1 is 1.00 bits per heavy atom. The van der Waals surface area contributed by atoms with Crippen molar-refractivity contribution in [2.24, 2.45) is 7.05 Å². The Morgan fingerprint density at radius 2 is 1.50 bits per heavy atom. The van der Waals surface area contributed by atoms with Crippen LogP contribution < -0.4 is 10.9 Å². The fraction of sp³-hybridized carbons (Fsp3) is 0.588. The lowest BCUT2D eigenvalue weighted by Gasteiger charge is -2.29. The molecule has 0 atom stereocenters. The van der Waals surface area contributed by atoms with Crippen LogP contribution in [0.2, 0.25) is 0 Å². The third-order valence-electron chi connectivity index (χ3n) is 3.59. The molecular formula is C17H24N2O9. The molecule has 0 unspecified atom stereocenters. The number of nitrogens with one attached hydrogen (secondary N) is 1. The molecule has 11 nitrogen and oxygen atoms in total. The number of carbonyl (C=O) groups is 4. The summed E-state index contributed by atoms with van der Waals surface area (Å²) in [6.45, 7) is 5.43. The zero-order valence-electron chi connectivity index (χ0n) is 16.4. The Labute approximate surface area is 160 Å². The quantitative estimate of drug-likeness (QED) is 0.335. The zero-order chi connectivity index (χ0) is 21.5. The number of carbonyl (C=O) groups excluding carboxylic acids is 4. The molecule has 0 aliphatic rings. The number of amides is 1. The molecule has 0 aromatic carbocycles. The van der Waals surface area contributed by atoms with Crippen molar-refractivity contribution in [1.82, 2.24) is 10.1 Å². The minimum atomic E-state index is -2.38. The van der Waals surface area contributed by atoms with E-state index in [4.69, 9.17) is 18.7 Å². The Bertz CT molecular complexity index is 788. The van der Waals surface area contributed by atoms with Gasteiger partial charge in [0.15, 0.2) is 0 Å². The summed E-state index contributed by atoms with van der Waals surface area (Å²) >= 11 is 0. The van der Waals surface area contributed by atoms with Crippen molar-refractivity contribution < 1.29 is 37.9 Å². The highest BCUT2D eigenvalue weighted by molar-refractivity contribution is 6.08. The average molecular weight is 400 g/mol. The van der Waals surface area contributed by atoms with Crippen molar-refractivity contribution in [2.45, 2.75) is 39.7 Å². The SMILES string of the molecule is CCOC(=O)c1on(C)c(=O)c1CC(NC(C)=O)(C(=O)OCC)C(=O)OCC. The molecule has 0 aliphatic carbocycles. The Kier molecular flexibility index (Phi) is 7.96. The molecule has 0 bridgehead atoms. The van der Waals surface area contributed by atoms with Crippen molar-refractivity contribution in [3.63, 3.8) is 0 Å². The number of ether oxygens (including phenoxy) is 3. The van der Waals surface area contributed by atoms with Crippen LogP contribution in [-0.2, 0) is 42.1 Å². The maximum atomic E-state index is 12.7. The van der Waals surface area contributed by atoms with Crippen LogP contribution in [0.4, 0.5) is 0 Å². The van der Waals surface area contributed by atoms with E-state index in [2.05, 4.69) is 5.32 Å². The molecule has 1 rings (SSSR count). The molecule has 0 fully saturated rings. The molecule has 1 heterocycles. The number of aryl methyl sites for hydroxylation is 1. The molecule has 11 heteroatoms. The van der Waals surface area contributed by atoms with E-state index in [-0.39, 0.29) is 25.4 Å². The van der Waals surface area contributed by atoms with E-state index in [1.807, 2.05) is 0 Å². The van der Waals surface area contributed by atoms with Crippen molar-refractivity contribution in [3.8, 4) is 0 Å². The van der Waals surface area contributed by atoms with E-state index in [1.54, 1.807) is 6.92 Å². The second-order valence-electron chi connectivity index (χ2n) is 5.63. The summed E-state index contributed by atoms with van der Waals surface area (Å²) in [6, 6.07) is 0. The van der Waals surface area contributed by atoms with E-state index >= 15 is 0 Å². The summed E-state index contributed by atoms with van der Waals surface area (Å²) in [5, 5.41) is 2.22. The van der Waals surface area contributed by atoms with Crippen LogP contribution in [0.5, 0.6) is 0 Å². The van der Waals surface area contributed by atoms with Crippen molar-refractivity contribution in [2.75, 3.05) is 19.8 Å². The van der Waals surface area contributed by atoms with Gasteiger partial charge in [-0.3, -0.25) is 9.59 Å². The molecule has 0 spiro atoms. The molecular weight excluding hydrogens is 376 g/mol. The maximum absolute atomic E-state index is 12.7. The normalized spacial score (nSPS) is 10.9. The molecule has 0 aliphatic heterocycles. The predicted molar refractivity (Wildman–Crippen MR) is 93.4 cm³/mol. The average Bonchev–Trinajstić information content (AvgIpc) is 2.89. The standard InChI is InChI=1S/C17H24N2O9/c1-6-25-14(22)12-11(13(21)19(5)28-12)9-17(18-10(4)20,15(23)26-7-2)16(24)27-8-3/h6-9H2,1-5H3,(H,18,20). The minimum Gasteiger partial charge on any atom is -0.464 e. The Balaban J connectivity index is 3.62. The second kappa shape index (κ2) is 9.72. The van der Waals surface area contributed by atoms with Gasteiger partial charge < -0.3 is 24.1 Å². The molecule has 0 saturated carbocycles. The van der Waals surface area contributed by atoms with Crippen LogP contribution in [0.1, 0.15) is 43.8 Å². The van der Waals surface area contributed by atoms with Crippen LogP contribution in [0.15, 0.2) is 9.32 Å². The van der Waals surface area contributed by atoms with Gasteiger partial charge in [0.05, 0.1) is 25.4 Å². The Hall–Kier alpha value is -3.11. The van der Waals surface area contributed by atoms with Crippen LogP contribution in [0.3, 0.4) is 0 Å². The van der Waals surface area contributed by atoms with E-state index in [9.17, 15) is 24.0 Å². The van der Waals surface area contributed by atoms with Crippen molar-refractivity contribution >= 4 is 23.8 Å².